The third-order valence-corrected chi connectivity index (χ3v) is 15.8. The van der Waals surface area contributed by atoms with Gasteiger partial charge in [-0.1, -0.05) is 170 Å². The van der Waals surface area contributed by atoms with E-state index in [0.717, 1.165) is 33.4 Å². The zero-order valence-corrected chi connectivity index (χ0v) is 46.2. The molecule has 0 saturated heterocycles. The maximum atomic E-state index is 15.7. The first-order chi connectivity index (χ1) is 36.0. The third-order valence-electron chi connectivity index (χ3n) is 15.8. The number of imide groups is 2. The normalized spacial score (nSPS) is 14.2. The van der Waals surface area contributed by atoms with Gasteiger partial charge >= 0.3 is 0 Å². The number of amides is 4. The predicted molar refractivity (Wildman–Crippen MR) is 310 cm³/mol. The van der Waals surface area contributed by atoms with E-state index in [-0.39, 0.29) is 34.5 Å². The summed E-state index contributed by atoms with van der Waals surface area (Å²) in [5.74, 6) is 0.202. The van der Waals surface area contributed by atoms with Crippen molar-refractivity contribution in [3.63, 3.8) is 0 Å². The molecular weight excluding hydrogens is 941 g/mol. The summed E-state index contributed by atoms with van der Waals surface area (Å²) >= 11 is 0. The smallest absolute Gasteiger partial charge is 0.266 e. The lowest BCUT2D eigenvalue weighted by Gasteiger charge is -2.34. The number of para-hydroxylation sites is 2. The van der Waals surface area contributed by atoms with E-state index < -0.39 is 23.6 Å². The van der Waals surface area contributed by atoms with Gasteiger partial charge in [-0.3, -0.25) is 19.2 Å². The number of carbonyl (C=O) groups excluding carboxylic acids is 4. The highest BCUT2D eigenvalue weighted by Gasteiger charge is 2.42. The Kier molecular flexibility index (Phi) is 11.9. The van der Waals surface area contributed by atoms with Crippen molar-refractivity contribution in [3.05, 3.63) is 177 Å². The molecule has 2 aliphatic rings. The Hall–Kier alpha value is -7.84. The largest absolute Gasteiger partial charge is 0.457 e. The number of benzene rings is 9. The predicted octanol–water partition coefficient (Wildman–Crippen LogP) is 18.0. The zero-order chi connectivity index (χ0) is 54.2. The van der Waals surface area contributed by atoms with Crippen LogP contribution in [-0.2, 0) is 10.8 Å². The zero-order valence-electron chi connectivity index (χ0n) is 46.2. The topological polar surface area (TPSA) is 93.2 Å². The van der Waals surface area contributed by atoms with Crippen molar-refractivity contribution in [1.82, 2.24) is 0 Å². The molecule has 0 aliphatic carbocycles. The minimum atomic E-state index is -0.450. The van der Waals surface area contributed by atoms with Crippen LogP contribution in [0, 0.1) is 0 Å². The number of ether oxygens (including phenoxy) is 2. The van der Waals surface area contributed by atoms with E-state index >= 15 is 19.2 Å². The van der Waals surface area contributed by atoms with Crippen LogP contribution in [0.3, 0.4) is 0 Å². The highest BCUT2D eigenvalue weighted by molar-refractivity contribution is 6.47. The molecule has 4 amide bonds. The van der Waals surface area contributed by atoms with Crippen molar-refractivity contribution in [2.45, 2.75) is 131 Å². The quantitative estimate of drug-likeness (QED) is 0.0770. The molecule has 2 heterocycles. The van der Waals surface area contributed by atoms with E-state index in [9.17, 15) is 0 Å². The number of hydrogen-bond donors (Lipinski definition) is 0. The van der Waals surface area contributed by atoms with Gasteiger partial charge in [0.15, 0.2) is 0 Å². The Morgan fingerprint density at radius 3 is 0.947 bits per heavy atom. The summed E-state index contributed by atoms with van der Waals surface area (Å²) in [6, 6.07) is 39.1. The minimum absolute atomic E-state index is 0.00998. The van der Waals surface area contributed by atoms with Crippen LogP contribution in [0.25, 0.3) is 43.1 Å². The van der Waals surface area contributed by atoms with E-state index in [0.29, 0.717) is 99.7 Å². The number of fused-ring (bicyclic) bond motifs is 2. The molecule has 9 aromatic carbocycles. The molecule has 0 spiro atoms. The first-order valence-corrected chi connectivity index (χ1v) is 26.9. The van der Waals surface area contributed by atoms with Gasteiger partial charge in [0, 0.05) is 43.4 Å². The van der Waals surface area contributed by atoms with Crippen molar-refractivity contribution >= 4 is 78.1 Å². The Morgan fingerprint density at radius 1 is 0.355 bits per heavy atom. The van der Waals surface area contributed by atoms with Crippen LogP contribution in [0.1, 0.15) is 195 Å². The van der Waals surface area contributed by atoms with E-state index in [1.807, 2.05) is 84.9 Å². The number of nitrogens with zero attached hydrogens (tertiary/aromatic N) is 2. The lowest BCUT2D eigenvalue weighted by atomic mass is 9.80. The summed E-state index contributed by atoms with van der Waals surface area (Å²) in [6.45, 7) is 29.6. The van der Waals surface area contributed by atoms with Gasteiger partial charge < -0.3 is 9.47 Å². The van der Waals surface area contributed by atoms with Crippen molar-refractivity contribution in [1.29, 1.82) is 0 Å². The first-order valence-electron chi connectivity index (χ1n) is 26.9. The van der Waals surface area contributed by atoms with E-state index in [1.54, 1.807) is 12.1 Å². The molecule has 8 nitrogen and oxygen atoms in total. The van der Waals surface area contributed by atoms with Crippen molar-refractivity contribution in [2.75, 3.05) is 9.80 Å². The molecule has 0 aromatic heterocycles. The van der Waals surface area contributed by atoms with Gasteiger partial charge in [-0.25, -0.2) is 9.80 Å². The van der Waals surface area contributed by atoms with Gasteiger partial charge in [0.1, 0.15) is 23.0 Å². The van der Waals surface area contributed by atoms with E-state index in [1.165, 1.54) is 9.80 Å². The van der Waals surface area contributed by atoms with Gasteiger partial charge in [0.25, 0.3) is 23.6 Å². The van der Waals surface area contributed by atoms with Crippen LogP contribution in [-0.4, -0.2) is 23.6 Å². The summed E-state index contributed by atoms with van der Waals surface area (Å²) in [7, 11) is 0. The molecule has 76 heavy (non-hydrogen) atoms. The molecule has 0 saturated carbocycles. The van der Waals surface area contributed by atoms with Crippen LogP contribution in [0.15, 0.2) is 121 Å². The number of anilines is 2. The lowest BCUT2D eigenvalue weighted by molar-refractivity contribution is 0.0877. The molecule has 9 aromatic rings. The Labute approximate surface area is 446 Å². The maximum absolute atomic E-state index is 15.7. The Bertz CT molecular complexity index is 3610. The highest BCUT2D eigenvalue weighted by atomic mass is 16.5. The Balaban J connectivity index is 1.26. The molecule has 0 fully saturated rings. The summed E-state index contributed by atoms with van der Waals surface area (Å²) in [5, 5.41) is 4.93. The second-order valence-electron chi connectivity index (χ2n) is 24.2. The van der Waals surface area contributed by atoms with Gasteiger partial charge in [0.05, 0.1) is 22.5 Å². The number of rotatable bonds is 10. The standard InChI is InChI=1S/C68H66N2O6/c1-35(2)43-17-15-18-44(36(3)4)61(43)69-63(71)49-31-29-47-58-54(76-42-27-23-40(24-28-42)68(12,13)14)34-52-56-50(64(72)70(66(52)74)62-45(37(5)6)19-16-20-46(62)38(7)8)32-30-48(60(56)58)57-53(33-51(65(69)73)55(49)59(47)57)75-41-25-21-39(22-26-41)67(9,10)11/h15-38H,1-14H3. The molecule has 384 valence electrons. The SMILES string of the molecule is CC(C)c1cccc(C(C)C)c1N1C(=O)c2ccc3c4c(Oc5ccc(C(C)(C)C)cc5)cc5c6c(ccc(c7c(Oc8ccc(C(C)(C)C)cc8)cc(c2c37)C1=O)c64)C(=O)N(c1c(C(C)C)cccc1C(C)C)C5=O. The van der Waals surface area contributed by atoms with Crippen LogP contribution >= 0.6 is 0 Å². The van der Waals surface area contributed by atoms with E-state index in [2.05, 4.69) is 121 Å². The average molecular weight is 1010 g/mol. The second kappa shape index (κ2) is 17.9. The monoisotopic (exact) mass is 1010 g/mol. The van der Waals surface area contributed by atoms with Crippen LogP contribution in [0.5, 0.6) is 23.0 Å². The molecule has 0 radical (unpaired) electrons. The molecule has 0 unspecified atom stereocenters. The molecule has 0 N–H and O–H groups in total. The van der Waals surface area contributed by atoms with Crippen molar-refractivity contribution < 1.29 is 28.7 Å². The van der Waals surface area contributed by atoms with Gasteiger partial charge in [0.2, 0.25) is 0 Å². The van der Waals surface area contributed by atoms with Crippen molar-refractivity contribution in [2.24, 2.45) is 0 Å². The van der Waals surface area contributed by atoms with Crippen molar-refractivity contribution in [3.8, 4) is 23.0 Å². The van der Waals surface area contributed by atoms with Crippen LogP contribution < -0.4 is 19.3 Å². The minimum Gasteiger partial charge on any atom is -0.457 e. The average Bonchev–Trinajstić information content (AvgIpc) is 3.54. The van der Waals surface area contributed by atoms with Gasteiger partial charge in [-0.2, -0.15) is 0 Å². The second-order valence-corrected chi connectivity index (χ2v) is 24.2. The molecule has 0 bridgehead atoms. The summed E-state index contributed by atoms with van der Waals surface area (Å²) in [4.78, 5) is 65.2. The molecule has 11 rings (SSSR count). The number of hydrogen-bond acceptors (Lipinski definition) is 6. The third kappa shape index (κ3) is 7.77. The first kappa shape index (κ1) is 50.3. The fourth-order valence-corrected chi connectivity index (χ4v) is 11.8. The maximum Gasteiger partial charge on any atom is 0.266 e. The highest BCUT2D eigenvalue weighted by Crippen LogP contribution is 2.54. The van der Waals surface area contributed by atoms with Crippen LogP contribution in [0.4, 0.5) is 11.4 Å². The summed E-state index contributed by atoms with van der Waals surface area (Å²) in [5.41, 5.74) is 8.27. The van der Waals surface area contributed by atoms with Crippen LogP contribution in [0.2, 0.25) is 0 Å². The number of carbonyl (C=O) groups is 4. The fourth-order valence-electron chi connectivity index (χ4n) is 11.8. The fraction of sp³-hybridized carbons (Fsp3) is 0.294. The van der Waals surface area contributed by atoms with E-state index in [4.69, 9.17) is 9.47 Å². The molecule has 0 atom stereocenters. The summed E-state index contributed by atoms with van der Waals surface area (Å²) < 4.78 is 14.2. The molecule has 8 heteroatoms. The Morgan fingerprint density at radius 2 is 0.658 bits per heavy atom. The molecule has 2 aliphatic heterocycles. The van der Waals surface area contributed by atoms with Gasteiger partial charge in [-0.05, 0) is 127 Å². The molecular formula is C68H66N2O6. The lowest BCUT2D eigenvalue weighted by Crippen LogP contribution is -2.42. The summed E-state index contributed by atoms with van der Waals surface area (Å²) in [6.07, 6.45) is 0. The van der Waals surface area contributed by atoms with Gasteiger partial charge in [-0.15, -0.1) is 0 Å².